The molecule has 0 aliphatic rings. The monoisotopic (exact) mass is 425 g/mol. The summed E-state index contributed by atoms with van der Waals surface area (Å²) < 4.78 is 4.72. The summed E-state index contributed by atoms with van der Waals surface area (Å²) in [6, 6.07) is 3.30. The molecule has 11 heteroatoms. The minimum Gasteiger partial charge on any atom is -0.480 e. The van der Waals surface area contributed by atoms with Gasteiger partial charge in [-0.05, 0) is 18.4 Å². The van der Waals surface area contributed by atoms with Crippen LogP contribution in [0.15, 0.2) is 24.3 Å². The number of nitro groups is 1. The SMILES string of the molecule is CCOC(=O)C(O)CN(CC(C)C)C(=O)NC(Cc1cccc([N+](=O)[O-])c1)C(=O)O. The van der Waals surface area contributed by atoms with Crippen molar-refractivity contribution in [3.05, 3.63) is 39.9 Å². The number of nitrogens with one attached hydrogen (secondary N) is 1. The van der Waals surface area contributed by atoms with Crippen LogP contribution in [0.3, 0.4) is 0 Å². The lowest BCUT2D eigenvalue weighted by Crippen LogP contribution is -2.52. The molecule has 0 heterocycles. The lowest BCUT2D eigenvalue weighted by Gasteiger charge is -2.28. The molecule has 0 saturated carbocycles. The van der Waals surface area contributed by atoms with Gasteiger partial charge in [0.2, 0.25) is 0 Å². The number of carbonyl (C=O) groups excluding carboxylic acids is 2. The molecule has 2 amide bonds. The number of rotatable bonds is 11. The van der Waals surface area contributed by atoms with Crippen LogP contribution >= 0.6 is 0 Å². The largest absolute Gasteiger partial charge is 0.480 e. The number of hydrogen-bond acceptors (Lipinski definition) is 7. The van der Waals surface area contributed by atoms with E-state index in [0.29, 0.717) is 5.56 Å². The number of carboxylic acids is 1. The van der Waals surface area contributed by atoms with Gasteiger partial charge in [-0.2, -0.15) is 0 Å². The molecule has 0 saturated heterocycles. The molecule has 166 valence electrons. The molecule has 0 aromatic heterocycles. The lowest BCUT2D eigenvalue weighted by atomic mass is 10.1. The maximum Gasteiger partial charge on any atom is 0.336 e. The van der Waals surface area contributed by atoms with Crippen LogP contribution in [0.2, 0.25) is 0 Å². The Balaban J connectivity index is 2.93. The zero-order valence-corrected chi connectivity index (χ0v) is 17.1. The zero-order chi connectivity index (χ0) is 22.8. The third-order valence-electron chi connectivity index (χ3n) is 3.98. The van der Waals surface area contributed by atoms with E-state index >= 15 is 0 Å². The fraction of sp³-hybridized carbons (Fsp3) is 0.526. The molecule has 1 aromatic carbocycles. The van der Waals surface area contributed by atoms with E-state index in [2.05, 4.69) is 5.32 Å². The van der Waals surface area contributed by atoms with Crippen molar-refractivity contribution in [3.63, 3.8) is 0 Å². The fourth-order valence-electron chi connectivity index (χ4n) is 2.68. The molecule has 30 heavy (non-hydrogen) atoms. The highest BCUT2D eigenvalue weighted by Crippen LogP contribution is 2.15. The van der Waals surface area contributed by atoms with Crippen LogP contribution in [0, 0.1) is 16.0 Å². The van der Waals surface area contributed by atoms with Gasteiger partial charge >= 0.3 is 18.0 Å². The molecule has 0 fully saturated rings. The second-order valence-electron chi connectivity index (χ2n) is 7.04. The molecule has 2 atom stereocenters. The first-order valence-corrected chi connectivity index (χ1v) is 9.41. The highest BCUT2D eigenvalue weighted by molar-refractivity contribution is 5.83. The van der Waals surface area contributed by atoms with Gasteiger partial charge in [-0.3, -0.25) is 10.1 Å². The van der Waals surface area contributed by atoms with Gasteiger partial charge in [-0.25, -0.2) is 14.4 Å². The number of amides is 2. The third kappa shape index (κ3) is 8.03. The van der Waals surface area contributed by atoms with Gasteiger partial charge in [-0.1, -0.05) is 26.0 Å². The molecule has 0 bridgehead atoms. The van der Waals surface area contributed by atoms with Crippen LogP contribution in [0.1, 0.15) is 26.3 Å². The summed E-state index contributed by atoms with van der Waals surface area (Å²) in [6.45, 7) is 5.06. The Hall–Kier alpha value is -3.21. The number of ether oxygens (including phenoxy) is 1. The maximum absolute atomic E-state index is 12.7. The number of carboxylic acid groups (broad SMARTS) is 1. The molecular formula is C19H27N3O8. The van der Waals surface area contributed by atoms with E-state index in [0.717, 1.165) is 4.90 Å². The molecule has 0 aliphatic heterocycles. The predicted octanol–water partition coefficient (Wildman–Crippen LogP) is 1.18. The van der Waals surface area contributed by atoms with E-state index in [1.54, 1.807) is 6.92 Å². The Morgan fingerprint density at radius 1 is 1.27 bits per heavy atom. The van der Waals surface area contributed by atoms with Crippen molar-refractivity contribution in [3.8, 4) is 0 Å². The zero-order valence-electron chi connectivity index (χ0n) is 17.1. The molecule has 0 spiro atoms. The number of hydrogen-bond donors (Lipinski definition) is 3. The fourth-order valence-corrected chi connectivity index (χ4v) is 2.68. The van der Waals surface area contributed by atoms with Crippen molar-refractivity contribution in [2.75, 3.05) is 19.7 Å². The van der Waals surface area contributed by atoms with Gasteiger partial charge < -0.3 is 25.2 Å². The summed E-state index contributed by atoms with van der Waals surface area (Å²) in [4.78, 5) is 47.4. The maximum atomic E-state index is 12.7. The van der Waals surface area contributed by atoms with E-state index in [1.807, 2.05) is 13.8 Å². The second-order valence-corrected chi connectivity index (χ2v) is 7.04. The van der Waals surface area contributed by atoms with Gasteiger partial charge in [0.25, 0.3) is 5.69 Å². The van der Waals surface area contributed by atoms with Crippen molar-refractivity contribution >= 4 is 23.7 Å². The first-order chi connectivity index (χ1) is 14.0. The minimum atomic E-state index is -1.57. The molecule has 2 unspecified atom stereocenters. The summed E-state index contributed by atoms with van der Waals surface area (Å²) in [5.74, 6) is -2.24. The first-order valence-electron chi connectivity index (χ1n) is 9.41. The van der Waals surface area contributed by atoms with E-state index < -0.39 is 35.0 Å². The summed E-state index contributed by atoms with van der Waals surface area (Å²) in [6.07, 6.45) is -1.76. The predicted molar refractivity (Wildman–Crippen MR) is 106 cm³/mol. The van der Waals surface area contributed by atoms with Crippen LogP contribution in [0.5, 0.6) is 0 Å². The van der Waals surface area contributed by atoms with Crippen molar-refractivity contribution in [2.45, 2.75) is 39.3 Å². The Kier molecular flexibility index (Phi) is 9.69. The highest BCUT2D eigenvalue weighted by Gasteiger charge is 2.28. The van der Waals surface area contributed by atoms with Gasteiger partial charge in [0.1, 0.15) is 6.04 Å². The first kappa shape index (κ1) is 24.8. The van der Waals surface area contributed by atoms with E-state index in [4.69, 9.17) is 4.74 Å². The van der Waals surface area contributed by atoms with E-state index in [-0.39, 0.29) is 37.7 Å². The van der Waals surface area contributed by atoms with Crippen LogP contribution in [0.4, 0.5) is 10.5 Å². The number of carbonyl (C=O) groups is 3. The number of urea groups is 1. The molecule has 1 aromatic rings. The molecule has 3 N–H and O–H groups in total. The van der Waals surface area contributed by atoms with E-state index in [1.165, 1.54) is 24.3 Å². The van der Waals surface area contributed by atoms with Crippen LogP contribution in [-0.4, -0.2) is 69.8 Å². The minimum absolute atomic E-state index is 0.0230. The smallest absolute Gasteiger partial charge is 0.336 e. The van der Waals surface area contributed by atoms with Gasteiger partial charge in [0.15, 0.2) is 6.10 Å². The standard InChI is InChI=1S/C19H27N3O8/c1-4-30-18(26)16(23)11-21(10-12(2)3)19(27)20-15(17(24)25)9-13-6-5-7-14(8-13)22(28)29/h5-8,12,15-16,23H,4,9-11H2,1-3H3,(H,20,27)(H,24,25). The van der Waals surface area contributed by atoms with Crippen LogP contribution in [0.25, 0.3) is 0 Å². The van der Waals surface area contributed by atoms with E-state index in [9.17, 15) is 34.7 Å². The average molecular weight is 425 g/mol. The number of nitrogens with zero attached hydrogens (tertiary/aromatic N) is 2. The van der Waals surface area contributed by atoms with Gasteiger partial charge in [0, 0.05) is 25.1 Å². The van der Waals surface area contributed by atoms with Crippen LogP contribution < -0.4 is 5.32 Å². The van der Waals surface area contributed by atoms with Crippen LogP contribution in [-0.2, 0) is 20.7 Å². The normalized spacial score (nSPS) is 12.7. The number of nitro benzene ring substituents is 1. The highest BCUT2D eigenvalue weighted by atomic mass is 16.6. The molecular weight excluding hydrogens is 398 g/mol. The summed E-state index contributed by atoms with van der Waals surface area (Å²) in [5.41, 5.74) is 0.167. The van der Waals surface area contributed by atoms with Crippen molar-refractivity contribution in [1.82, 2.24) is 10.2 Å². The molecule has 1 rings (SSSR count). The topological polar surface area (TPSA) is 159 Å². The Morgan fingerprint density at radius 2 is 1.93 bits per heavy atom. The molecule has 11 nitrogen and oxygen atoms in total. The molecule has 0 aliphatic carbocycles. The van der Waals surface area contributed by atoms with Crippen molar-refractivity contribution in [2.24, 2.45) is 5.92 Å². The summed E-state index contributed by atoms with van der Waals surface area (Å²) >= 11 is 0. The number of benzene rings is 1. The molecule has 0 radical (unpaired) electrons. The Labute approximate surface area is 173 Å². The van der Waals surface area contributed by atoms with Gasteiger partial charge in [-0.15, -0.1) is 0 Å². The average Bonchev–Trinajstić information content (AvgIpc) is 2.66. The Morgan fingerprint density at radius 3 is 2.47 bits per heavy atom. The number of aliphatic hydroxyl groups excluding tert-OH is 1. The number of aliphatic hydroxyl groups is 1. The lowest BCUT2D eigenvalue weighted by molar-refractivity contribution is -0.384. The number of aliphatic carboxylic acids is 1. The van der Waals surface area contributed by atoms with Crippen molar-refractivity contribution < 1.29 is 34.3 Å². The van der Waals surface area contributed by atoms with Crippen molar-refractivity contribution in [1.29, 1.82) is 0 Å². The summed E-state index contributed by atoms with van der Waals surface area (Å²) in [5, 5.41) is 32.7. The number of esters is 1. The van der Waals surface area contributed by atoms with Gasteiger partial charge in [0.05, 0.1) is 18.1 Å². The third-order valence-corrected chi connectivity index (χ3v) is 3.98. The number of non-ortho nitro benzene ring substituents is 1. The second kappa shape index (κ2) is 11.7. The summed E-state index contributed by atoms with van der Waals surface area (Å²) in [7, 11) is 0. The Bertz CT molecular complexity index is 768. The quantitative estimate of drug-likeness (QED) is 0.271.